The van der Waals surface area contributed by atoms with Crippen molar-refractivity contribution < 1.29 is 18.7 Å². The first kappa shape index (κ1) is 23.8. The number of ether oxygens (including phenoxy) is 2. The Balaban J connectivity index is 0.000000245. The summed E-state index contributed by atoms with van der Waals surface area (Å²) < 4.78 is 24.5. The predicted octanol–water partition coefficient (Wildman–Crippen LogP) is 3.51. The molecule has 1 amide bonds. The number of carbonyl (C=O) groups excluding carboxylic acids is 1. The molecule has 0 spiro atoms. The molecule has 164 valence electrons. The first-order valence-electron chi connectivity index (χ1n) is 9.84. The normalized spacial score (nSPS) is 13.1. The maximum atomic E-state index is 14.0. The van der Waals surface area contributed by atoms with Crippen LogP contribution in [0.4, 0.5) is 10.2 Å². The van der Waals surface area contributed by atoms with Crippen molar-refractivity contribution in [3.05, 3.63) is 66.3 Å². The van der Waals surface area contributed by atoms with E-state index in [1.807, 2.05) is 24.1 Å². The van der Waals surface area contributed by atoms with E-state index in [9.17, 15) is 9.18 Å². The van der Waals surface area contributed by atoms with Gasteiger partial charge < -0.3 is 19.7 Å². The summed E-state index contributed by atoms with van der Waals surface area (Å²) in [6.07, 6.45) is 4.29. The Labute approximate surface area is 182 Å². The van der Waals surface area contributed by atoms with Crippen LogP contribution in [0.15, 0.2) is 49.3 Å². The third-order valence-corrected chi connectivity index (χ3v) is 4.86. The van der Waals surface area contributed by atoms with Crippen molar-refractivity contribution in [2.45, 2.75) is 25.4 Å². The Morgan fingerprint density at radius 3 is 2.65 bits per heavy atom. The van der Waals surface area contributed by atoms with E-state index >= 15 is 0 Å². The van der Waals surface area contributed by atoms with Gasteiger partial charge in [0, 0.05) is 31.4 Å². The van der Waals surface area contributed by atoms with Crippen molar-refractivity contribution in [3.8, 4) is 11.8 Å². The summed E-state index contributed by atoms with van der Waals surface area (Å²) in [6.45, 7) is 6.25. The second-order valence-electron chi connectivity index (χ2n) is 6.93. The molecule has 0 atom stereocenters. The highest BCUT2D eigenvalue weighted by atomic mass is 19.1. The molecular formula is C23H27FN4O3. The van der Waals surface area contributed by atoms with Crippen molar-refractivity contribution in [1.82, 2.24) is 10.3 Å². The van der Waals surface area contributed by atoms with Crippen molar-refractivity contribution in [2.75, 3.05) is 32.2 Å². The molecule has 2 aromatic rings. The average Bonchev–Trinajstić information content (AvgIpc) is 3.58. The zero-order valence-corrected chi connectivity index (χ0v) is 18.0. The van der Waals surface area contributed by atoms with Gasteiger partial charge in [0.1, 0.15) is 30.1 Å². The number of halogens is 1. The topological polar surface area (TPSA) is 87.5 Å². The molecule has 1 saturated carbocycles. The molecule has 1 N–H and O–H groups in total. The van der Waals surface area contributed by atoms with Crippen LogP contribution in [0.3, 0.4) is 0 Å². The third kappa shape index (κ3) is 6.52. The summed E-state index contributed by atoms with van der Waals surface area (Å²) in [5.74, 6) is 0.689. The number of amides is 1. The maximum absolute atomic E-state index is 14.0. The highest BCUT2D eigenvalue weighted by molar-refractivity contribution is 5.78. The zero-order chi connectivity index (χ0) is 22.9. The molecule has 1 heterocycles. The number of pyridine rings is 1. The van der Waals surface area contributed by atoms with Gasteiger partial charge in [-0.05, 0) is 50.2 Å². The van der Waals surface area contributed by atoms with Crippen molar-refractivity contribution >= 4 is 11.7 Å². The molecule has 1 aromatic carbocycles. The lowest BCUT2D eigenvalue weighted by Crippen LogP contribution is -2.26. The highest BCUT2D eigenvalue weighted by Crippen LogP contribution is 2.50. The van der Waals surface area contributed by atoms with Gasteiger partial charge in [0.25, 0.3) is 0 Å². The van der Waals surface area contributed by atoms with Gasteiger partial charge in [-0.3, -0.25) is 4.79 Å². The largest absolute Gasteiger partial charge is 0.497 e. The standard InChI is InChI=1S/C14H16FNO3.C9H11N3/c1-3-16-13(17)9-19-14(6-7-14)11-5-4-10(18-2)8-12(11)15;1-3-12(2)9-5-4-8(6-10)7-11-9/h3-5,8H,1,6-7,9H2,2H3,(H,16,17);4-5,7H,3H2,1-2H3. The first-order chi connectivity index (χ1) is 14.9. The van der Waals surface area contributed by atoms with E-state index in [1.54, 1.807) is 24.4 Å². The first-order valence-corrected chi connectivity index (χ1v) is 9.84. The number of anilines is 1. The fourth-order valence-corrected chi connectivity index (χ4v) is 2.80. The van der Waals surface area contributed by atoms with Crippen LogP contribution in [-0.4, -0.2) is 38.2 Å². The minimum absolute atomic E-state index is 0.114. The van der Waals surface area contributed by atoms with Crippen LogP contribution < -0.4 is 15.0 Å². The molecule has 1 fully saturated rings. The van der Waals surface area contributed by atoms with Crippen molar-refractivity contribution in [2.24, 2.45) is 0 Å². The fraction of sp³-hybridized carbons (Fsp3) is 0.348. The molecule has 0 aliphatic heterocycles. The third-order valence-electron chi connectivity index (χ3n) is 4.86. The Kier molecular flexibility index (Phi) is 8.53. The van der Waals surface area contributed by atoms with Gasteiger partial charge >= 0.3 is 0 Å². The number of nitrogens with zero attached hydrogens (tertiary/aromatic N) is 3. The summed E-state index contributed by atoms with van der Waals surface area (Å²) in [4.78, 5) is 17.5. The summed E-state index contributed by atoms with van der Waals surface area (Å²) >= 11 is 0. The van der Waals surface area contributed by atoms with Gasteiger partial charge in [-0.1, -0.05) is 6.58 Å². The van der Waals surface area contributed by atoms with E-state index in [4.69, 9.17) is 14.7 Å². The Morgan fingerprint density at radius 1 is 1.42 bits per heavy atom. The predicted molar refractivity (Wildman–Crippen MR) is 116 cm³/mol. The number of aromatic nitrogens is 1. The summed E-state index contributed by atoms with van der Waals surface area (Å²) in [6, 6.07) is 10.3. The van der Waals surface area contributed by atoms with Gasteiger partial charge in [-0.15, -0.1) is 0 Å². The molecule has 0 radical (unpaired) electrons. The van der Waals surface area contributed by atoms with Crippen LogP contribution in [0.5, 0.6) is 5.75 Å². The number of methoxy groups -OCH3 is 1. The van der Waals surface area contributed by atoms with E-state index in [1.165, 1.54) is 19.4 Å². The van der Waals surface area contributed by atoms with Crippen LogP contribution in [0.25, 0.3) is 0 Å². The minimum Gasteiger partial charge on any atom is -0.497 e. The van der Waals surface area contributed by atoms with E-state index < -0.39 is 5.60 Å². The SMILES string of the molecule is C=CNC(=O)COC1(c2ccc(OC)cc2F)CC1.CCN(C)c1ccc(C#N)cn1. The molecule has 3 rings (SSSR count). The average molecular weight is 426 g/mol. The lowest BCUT2D eigenvalue weighted by Gasteiger charge is -2.17. The molecule has 0 saturated heterocycles. The number of hydrogen-bond donors (Lipinski definition) is 1. The molecule has 1 aliphatic rings. The van der Waals surface area contributed by atoms with E-state index in [2.05, 4.69) is 23.8 Å². The molecule has 31 heavy (non-hydrogen) atoms. The lowest BCUT2D eigenvalue weighted by atomic mass is 10.1. The van der Waals surface area contributed by atoms with Crippen LogP contribution in [-0.2, 0) is 15.1 Å². The number of rotatable bonds is 8. The second kappa shape index (κ2) is 11.1. The zero-order valence-electron chi connectivity index (χ0n) is 18.0. The fourth-order valence-electron chi connectivity index (χ4n) is 2.80. The van der Waals surface area contributed by atoms with Crippen LogP contribution in [0, 0.1) is 17.1 Å². The van der Waals surface area contributed by atoms with E-state index in [0.717, 1.165) is 12.4 Å². The summed E-state index contributed by atoms with van der Waals surface area (Å²) in [5, 5.41) is 10.9. The summed E-state index contributed by atoms with van der Waals surface area (Å²) in [7, 11) is 3.45. The van der Waals surface area contributed by atoms with Crippen LogP contribution >= 0.6 is 0 Å². The second-order valence-corrected chi connectivity index (χ2v) is 6.93. The highest BCUT2D eigenvalue weighted by Gasteiger charge is 2.47. The van der Waals surface area contributed by atoms with Crippen molar-refractivity contribution in [3.63, 3.8) is 0 Å². The van der Waals surface area contributed by atoms with Gasteiger partial charge in [-0.2, -0.15) is 5.26 Å². The van der Waals surface area contributed by atoms with Crippen molar-refractivity contribution in [1.29, 1.82) is 5.26 Å². The number of nitrogens with one attached hydrogen (secondary N) is 1. The number of benzene rings is 1. The Morgan fingerprint density at radius 2 is 2.16 bits per heavy atom. The number of hydrogen-bond acceptors (Lipinski definition) is 6. The van der Waals surface area contributed by atoms with Crippen LogP contribution in [0.1, 0.15) is 30.9 Å². The van der Waals surface area contributed by atoms with Gasteiger partial charge in [-0.25, -0.2) is 9.37 Å². The molecule has 0 unspecified atom stereocenters. The molecule has 1 aliphatic carbocycles. The number of nitriles is 1. The maximum Gasteiger partial charge on any atom is 0.249 e. The van der Waals surface area contributed by atoms with Gasteiger partial charge in [0.2, 0.25) is 5.91 Å². The smallest absolute Gasteiger partial charge is 0.249 e. The quantitative estimate of drug-likeness (QED) is 0.695. The summed E-state index contributed by atoms with van der Waals surface area (Å²) in [5.41, 5.74) is 0.400. The minimum atomic E-state index is -0.672. The monoisotopic (exact) mass is 426 g/mol. The van der Waals surface area contributed by atoms with E-state index in [-0.39, 0.29) is 18.3 Å². The molecule has 0 bridgehead atoms. The van der Waals surface area contributed by atoms with Gasteiger partial charge in [0.05, 0.1) is 18.3 Å². The molecule has 7 nitrogen and oxygen atoms in total. The molecule has 8 heteroatoms. The van der Waals surface area contributed by atoms with E-state index in [0.29, 0.717) is 29.7 Å². The molecule has 1 aromatic heterocycles. The Bertz CT molecular complexity index is 937. The Hall–Kier alpha value is -3.44. The number of carbonyl (C=O) groups is 1. The molecular weight excluding hydrogens is 399 g/mol. The lowest BCUT2D eigenvalue weighted by molar-refractivity contribution is -0.128. The van der Waals surface area contributed by atoms with Crippen LogP contribution in [0.2, 0.25) is 0 Å². The van der Waals surface area contributed by atoms with Gasteiger partial charge in [0.15, 0.2) is 0 Å².